The van der Waals surface area contributed by atoms with Crippen LogP contribution in [0.4, 0.5) is 10.5 Å². The van der Waals surface area contributed by atoms with E-state index in [2.05, 4.69) is 10.6 Å². The van der Waals surface area contributed by atoms with Crippen molar-refractivity contribution >= 4 is 17.7 Å². The number of carbonyl (C=O) groups excluding carboxylic acids is 2. The minimum Gasteiger partial charge on any atom is -0.444 e. The van der Waals surface area contributed by atoms with Gasteiger partial charge in [0.25, 0.3) is 5.91 Å². The molecule has 1 saturated heterocycles. The van der Waals surface area contributed by atoms with Crippen molar-refractivity contribution in [1.82, 2.24) is 5.32 Å². The number of anilines is 1. The van der Waals surface area contributed by atoms with Gasteiger partial charge in [0.1, 0.15) is 5.60 Å². The number of ether oxygens (including phenoxy) is 2. The second-order valence-corrected chi connectivity index (χ2v) is 6.55. The van der Waals surface area contributed by atoms with Crippen LogP contribution < -0.4 is 10.6 Å². The van der Waals surface area contributed by atoms with Crippen LogP contribution >= 0.6 is 0 Å². The fraction of sp³-hybridized carbons (Fsp3) is 0.529. The van der Waals surface area contributed by atoms with Gasteiger partial charge in [-0.1, -0.05) is 0 Å². The van der Waals surface area contributed by atoms with Gasteiger partial charge >= 0.3 is 6.09 Å². The average Bonchev–Trinajstić information content (AvgIpc) is 2.96. The smallest absolute Gasteiger partial charge is 0.412 e. The lowest BCUT2D eigenvalue weighted by Crippen LogP contribution is -2.31. The van der Waals surface area contributed by atoms with Gasteiger partial charge in [0.2, 0.25) is 0 Å². The van der Waals surface area contributed by atoms with E-state index in [-0.39, 0.29) is 12.0 Å². The second kappa shape index (κ2) is 7.46. The highest BCUT2D eigenvalue weighted by Gasteiger charge is 2.17. The predicted molar refractivity (Wildman–Crippen MR) is 87.6 cm³/mol. The lowest BCUT2D eigenvalue weighted by molar-refractivity contribution is 0.0635. The van der Waals surface area contributed by atoms with Gasteiger partial charge in [-0.2, -0.15) is 0 Å². The first kappa shape index (κ1) is 17.3. The van der Waals surface area contributed by atoms with Gasteiger partial charge in [-0.3, -0.25) is 10.1 Å². The van der Waals surface area contributed by atoms with Crippen LogP contribution in [-0.2, 0) is 9.47 Å². The number of hydrogen-bond acceptors (Lipinski definition) is 4. The van der Waals surface area contributed by atoms with E-state index in [1.54, 1.807) is 45.0 Å². The number of hydrogen-bond donors (Lipinski definition) is 2. The zero-order chi connectivity index (χ0) is 16.9. The summed E-state index contributed by atoms with van der Waals surface area (Å²) in [5.41, 5.74) is 0.569. The molecule has 6 nitrogen and oxygen atoms in total. The van der Waals surface area contributed by atoms with E-state index in [4.69, 9.17) is 9.47 Å². The lowest BCUT2D eigenvalue weighted by Gasteiger charge is -2.19. The number of nitrogens with one attached hydrogen (secondary N) is 2. The monoisotopic (exact) mass is 320 g/mol. The molecule has 2 N–H and O–H groups in total. The Morgan fingerprint density at radius 1 is 1.26 bits per heavy atom. The molecule has 1 heterocycles. The first-order chi connectivity index (χ1) is 10.8. The minimum atomic E-state index is -0.549. The number of carbonyl (C=O) groups is 2. The molecule has 126 valence electrons. The Hall–Kier alpha value is -2.08. The molecule has 0 saturated carbocycles. The number of rotatable bonds is 4. The quantitative estimate of drug-likeness (QED) is 0.894. The third-order valence-electron chi connectivity index (χ3n) is 3.31. The molecule has 1 fully saturated rings. The summed E-state index contributed by atoms with van der Waals surface area (Å²) in [6.07, 6.45) is 1.63. The molecule has 1 aliphatic heterocycles. The van der Waals surface area contributed by atoms with Gasteiger partial charge in [-0.15, -0.1) is 0 Å². The standard InChI is InChI=1S/C17H24N2O4/c1-17(2,3)23-16(21)19-13-8-6-12(7-9-13)15(20)18-11-14-5-4-10-22-14/h6-9,14H,4-5,10-11H2,1-3H3,(H,18,20)(H,19,21)/t14-/m1/s1. The van der Waals surface area contributed by atoms with Gasteiger partial charge in [-0.25, -0.2) is 4.79 Å². The Labute approximate surface area is 136 Å². The Bertz CT molecular complexity index is 543. The Morgan fingerprint density at radius 3 is 2.52 bits per heavy atom. The van der Waals surface area contributed by atoms with E-state index in [1.807, 2.05) is 0 Å². The zero-order valence-electron chi connectivity index (χ0n) is 13.8. The fourth-order valence-corrected chi connectivity index (χ4v) is 2.24. The highest BCUT2D eigenvalue weighted by atomic mass is 16.6. The average molecular weight is 320 g/mol. The Balaban J connectivity index is 1.83. The number of amides is 2. The topological polar surface area (TPSA) is 76.7 Å². The highest BCUT2D eigenvalue weighted by molar-refractivity contribution is 5.95. The third kappa shape index (κ3) is 5.90. The summed E-state index contributed by atoms with van der Waals surface area (Å²) >= 11 is 0. The van der Waals surface area contributed by atoms with Crippen molar-refractivity contribution < 1.29 is 19.1 Å². The molecule has 0 aromatic heterocycles. The summed E-state index contributed by atoms with van der Waals surface area (Å²) < 4.78 is 10.6. The van der Waals surface area contributed by atoms with E-state index in [9.17, 15) is 9.59 Å². The molecule has 0 unspecified atom stereocenters. The summed E-state index contributed by atoms with van der Waals surface area (Å²) in [4.78, 5) is 23.7. The molecule has 0 aliphatic carbocycles. The maximum atomic E-state index is 12.0. The molecule has 2 rings (SSSR count). The van der Waals surface area contributed by atoms with Crippen LogP contribution in [0.25, 0.3) is 0 Å². The molecule has 1 atom stereocenters. The van der Waals surface area contributed by atoms with Crippen molar-refractivity contribution in [3.8, 4) is 0 Å². The van der Waals surface area contributed by atoms with Crippen molar-refractivity contribution in [2.45, 2.75) is 45.3 Å². The third-order valence-corrected chi connectivity index (χ3v) is 3.31. The predicted octanol–water partition coefficient (Wildman–Crippen LogP) is 2.94. The van der Waals surface area contributed by atoms with Crippen LogP contribution in [-0.4, -0.2) is 36.9 Å². The second-order valence-electron chi connectivity index (χ2n) is 6.55. The molecule has 0 radical (unpaired) electrons. The van der Waals surface area contributed by atoms with Crippen LogP contribution in [0.5, 0.6) is 0 Å². The molecule has 23 heavy (non-hydrogen) atoms. The summed E-state index contributed by atoms with van der Waals surface area (Å²) in [6, 6.07) is 6.67. The normalized spacial score (nSPS) is 17.6. The SMILES string of the molecule is CC(C)(C)OC(=O)Nc1ccc(C(=O)NC[C@H]2CCCO2)cc1. The summed E-state index contributed by atoms with van der Waals surface area (Å²) in [7, 11) is 0. The largest absolute Gasteiger partial charge is 0.444 e. The zero-order valence-corrected chi connectivity index (χ0v) is 13.8. The van der Waals surface area contributed by atoms with Crippen LogP contribution in [0, 0.1) is 0 Å². The summed E-state index contributed by atoms with van der Waals surface area (Å²) in [6.45, 7) is 6.69. The fourth-order valence-electron chi connectivity index (χ4n) is 2.24. The summed E-state index contributed by atoms with van der Waals surface area (Å²) in [5.74, 6) is -0.149. The first-order valence-corrected chi connectivity index (χ1v) is 7.83. The highest BCUT2D eigenvalue weighted by Crippen LogP contribution is 2.14. The van der Waals surface area contributed by atoms with Crippen molar-refractivity contribution in [1.29, 1.82) is 0 Å². The van der Waals surface area contributed by atoms with E-state index < -0.39 is 11.7 Å². The maximum Gasteiger partial charge on any atom is 0.412 e. The van der Waals surface area contributed by atoms with E-state index in [0.29, 0.717) is 17.8 Å². The van der Waals surface area contributed by atoms with Gasteiger partial charge in [-0.05, 0) is 57.9 Å². The van der Waals surface area contributed by atoms with E-state index in [1.165, 1.54) is 0 Å². The maximum absolute atomic E-state index is 12.0. The van der Waals surface area contributed by atoms with Gasteiger partial charge in [0.15, 0.2) is 0 Å². The molecule has 0 spiro atoms. The van der Waals surface area contributed by atoms with Crippen LogP contribution in [0.1, 0.15) is 44.0 Å². The number of benzene rings is 1. The first-order valence-electron chi connectivity index (χ1n) is 7.83. The molecule has 6 heteroatoms. The molecular weight excluding hydrogens is 296 g/mol. The lowest BCUT2D eigenvalue weighted by atomic mass is 10.2. The van der Waals surface area contributed by atoms with Crippen molar-refractivity contribution in [2.75, 3.05) is 18.5 Å². The van der Waals surface area contributed by atoms with Crippen LogP contribution in [0.2, 0.25) is 0 Å². The van der Waals surface area contributed by atoms with Gasteiger partial charge < -0.3 is 14.8 Å². The van der Waals surface area contributed by atoms with Crippen LogP contribution in [0.15, 0.2) is 24.3 Å². The minimum absolute atomic E-state index is 0.118. The van der Waals surface area contributed by atoms with Crippen molar-refractivity contribution in [3.63, 3.8) is 0 Å². The van der Waals surface area contributed by atoms with Gasteiger partial charge in [0.05, 0.1) is 6.10 Å². The molecular formula is C17H24N2O4. The van der Waals surface area contributed by atoms with E-state index in [0.717, 1.165) is 19.4 Å². The molecule has 1 aromatic rings. The van der Waals surface area contributed by atoms with E-state index >= 15 is 0 Å². The van der Waals surface area contributed by atoms with Crippen LogP contribution in [0.3, 0.4) is 0 Å². The summed E-state index contributed by atoms with van der Waals surface area (Å²) in [5, 5.41) is 5.48. The van der Waals surface area contributed by atoms with Crippen molar-refractivity contribution in [2.24, 2.45) is 0 Å². The Morgan fingerprint density at radius 2 is 1.96 bits per heavy atom. The molecule has 2 amide bonds. The molecule has 1 aliphatic rings. The molecule has 1 aromatic carbocycles. The van der Waals surface area contributed by atoms with Crippen molar-refractivity contribution in [3.05, 3.63) is 29.8 Å². The Kier molecular flexibility index (Phi) is 5.60. The molecule has 0 bridgehead atoms. The van der Waals surface area contributed by atoms with Gasteiger partial charge in [0, 0.05) is 24.4 Å².